The molecule has 0 aliphatic heterocycles. The predicted molar refractivity (Wildman–Crippen MR) is 127 cm³/mol. The normalized spacial score (nSPS) is 12.5. The fraction of sp³-hybridized carbons (Fsp3) is 0.190. The van der Waals surface area contributed by atoms with Crippen LogP contribution in [0.15, 0.2) is 65.6 Å². The third-order valence-corrected chi connectivity index (χ3v) is 7.71. The van der Waals surface area contributed by atoms with Gasteiger partial charge >= 0.3 is 0 Å². The summed E-state index contributed by atoms with van der Waals surface area (Å²) in [5.74, 6) is -0.246. The molecule has 0 bridgehead atoms. The quantitative estimate of drug-likeness (QED) is 0.464. The molecule has 1 amide bonds. The lowest BCUT2D eigenvalue weighted by molar-refractivity contribution is 0.0942. The first-order valence-corrected chi connectivity index (χ1v) is 12.3. The summed E-state index contributed by atoms with van der Waals surface area (Å²) < 4.78 is 27.8. The van der Waals surface area contributed by atoms with Crippen molar-refractivity contribution in [1.82, 2.24) is 10.2 Å². The highest BCUT2D eigenvalue weighted by Gasteiger charge is 2.21. The monoisotopic (exact) mass is 497 g/mol. The van der Waals surface area contributed by atoms with Crippen molar-refractivity contribution >= 4 is 56.2 Å². The maximum atomic E-state index is 12.6. The molecule has 10 heteroatoms. The molecule has 1 heterocycles. The van der Waals surface area contributed by atoms with Crippen LogP contribution in [0.3, 0.4) is 0 Å². The van der Waals surface area contributed by atoms with Gasteiger partial charge in [-0.1, -0.05) is 53.5 Å². The molecule has 0 aliphatic rings. The Morgan fingerprint density at radius 2 is 1.71 bits per heavy atom. The van der Waals surface area contributed by atoms with E-state index in [2.05, 4.69) is 10.0 Å². The van der Waals surface area contributed by atoms with E-state index in [1.807, 2.05) is 49.3 Å². The Morgan fingerprint density at radius 1 is 1.06 bits per heavy atom. The lowest BCUT2D eigenvalue weighted by Gasteiger charge is -2.25. The summed E-state index contributed by atoms with van der Waals surface area (Å²) in [6.07, 6.45) is 0. The number of nitrogens with zero attached hydrogens (tertiary/aromatic N) is 1. The first-order valence-electron chi connectivity index (χ1n) is 9.24. The highest BCUT2D eigenvalue weighted by molar-refractivity contribution is 7.93. The zero-order valence-corrected chi connectivity index (χ0v) is 19.9. The summed E-state index contributed by atoms with van der Waals surface area (Å²) in [6, 6.07) is 17.4. The second kappa shape index (κ2) is 10.0. The number of carbonyl (C=O) groups excluding carboxylic acids is 1. The summed E-state index contributed by atoms with van der Waals surface area (Å²) in [6.45, 7) is 0.432. The Balaban J connectivity index is 1.65. The lowest BCUT2D eigenvalue weighted by Crippen LogP contribution is -2.34. The van der Waals surface area contributed by atoms with Crippen LogP contribution in [0, 0.1) is 0 Å². The molecule has 0 saturated carbocycles. The van der Waals surface area contributed by atoms with Crippen molar-refractivity contribution in [3.05, 3.63) is 80.5 Å². The average molecular weight is 498 g/mol. The van der Waals surface area contributed by atoms with Crippen LogP contribution in [0.5, 0.6) is 0 Å². The number of nitrogens with one attached hydrogen (secondary N) is 2. The van der Waals surface area contributed by atoms with Crippen molar-refractivity contribution in [2.45, 2.75) is 10.9 Å². The Morgan fingerprint density at radius 3 is 2.26 bits per heavy atom. The number of hydrogen-bond acceptors (Lipinski definition) is 5. The van der Waals surface area contributed by atoms with Crippen molar-refractivity contribution in [1.29, 1.82) is 0 Å². The molecule has 1 aromatic heterocycles. The van der Waals surface area contributed by atoms with Crippen LogP contribution < -0.4 is 10.0 Å². The summed E-state index contributed by atoms with van der Waals surface area (Å²) in [7, 11) is 0.0321. The fourth-order valence-electron chi connectivity index (χ4n) is 2.97. The largest absolute Gasteiger partial charge is 0.350 e. The molecule has 3 rings (SSSR count). The van der Waals surface area contributed by atoms with Crippen LogP contribution in [0.25, 0.3) is 0 Å². The number of hydrogen-bond donors (Lipinski definition) is 2. The molecular weight excluding hydrogens is 477 g/mol. The number of rotatable bonds is 8. The predicted octanol–water partition coefficient (Wildman–Crippen LogP) is 4.89. The molecule has 0 radical (unpaired) electrons. The minimum atomic E-state index is -3.88. The first-order chi connectivity index (χ1) is 14.7. The molecular formula is C21H21Cl2N3O3S2. The fourth-order valence-corrected chi connectivity index (χ4v) is 6.18. The molecule has 1 atom stereocenters. The maximum Gasteiger partial charge on any atom is 0.264 e. The summed E-state index contributed by atoms with van der Waals surface area (Å²) in [5, 5.41) is 2.93. The van der Waals surface area contributed by atoms with Crippen LogP contribution in [0.1, 0.15) is 22.0 Å². The Kier molecular flexibility index (Phi) is 7.61. The molecule has 0 saturated heterocycles. The van der Waals surface area contributed by atoms with Gasteiger partial charge in [-0.3, -0.25) is 9.52 Å². The number of carbonyl (C=O) groups is 1. The first kappa shape index (κ1) is 23.6. The third kappa shape index (κ3) is 5.99. The standard InChI is InChI=1S/C21H21Cl2N3O3S2/c1-26(2)17(14-6-4-3-5-7-14)13-24-21(27)15-8-10-16(11-9-15)25-31(28,29)18-12-19(22)30-20(18)23/h3-12,17,25H,13H2,1-2H3,(H,24,27)/t17-/m0/s1. The molecule has 2 aromatic carbocycles. The molecule has 31 heavy (non-hydrogen) atoms. The van der Waals surface area contributed by atoms with Gasteiger partial charge in [0, 0.05) is 17.8 Å². The van der Waals surface area contributed by atoms with Crippen molar-refractivity contribution in [3.8, 4) is 0 Å². The number of amides is 1. The zero-order valence-electron chi connectivity index (χ0n) is 16.8. The second-order valence-corrected chi connectivity index (χ2v) is 10.9. The van der Waals surface area contributed by atoms with Gasteiger partial charge in [0.1, 0.15) is 9.23 Å². The van der Waals surface area contributed by atoms with Crippen LogP contribution >= 0.6 is 34.5 Å². The molecule has 0 spiro atoms. The molecule has 0 aliphatic carbocycles. The van der Waals surface area contributed by atoms with Crippen molar-refractivity contribution in [2.24, 2.45) is 0 Å². The van der Waals surface area contributed by atoms with Gasteiger partial charge in [-0.05, 0) is 50.0 Å². The maximum absolute atomic E-state index is 12.6. The van der Waals surface area contributed by atoms with Gasteiger partial charge in [0.25, 0.3) is 15.9 Å². The molecule has 3 aromatic rings. The van der Waals surface area contributed by atoms with Gasteiger partial charge < -0.3 is 10.2 Å². The molecule has 6 nitrogen and oxygen atoms in total. The van der Waals surface area contributed by atoms with E-state index in [1.54, 1.807) is 12.1 Å². The van der Waals surface area contributed by atoms with Crippen LogP contribution in [0.2, 0.25) is 8.67 Å². The van der Waals surface area contributed by atoms with Gasteiger partial charge in [-0.15, -0.1) is 11.3 Å². The van der Waals surface area contributed by atoms with E-state index < -0.39 is 10.0 Å². The summed E-state index contributed by atoms with van der Waals surface area (Å²) in [5.41, 5.74) is 1.83. The van der Waals surface area contributed by atoms with E-state index in [4.69, 9.17) is 23.2 Å². The minimum absolute atomic E-state index is 0.0263. The van der Waals surface area contributed by atoms with E-state index in [0.29, 0.717) is 17.8 Å². The van der Waals surface area contributed by atoms with Crippen LogP contribution in [0.4, 0.5) is 5.69 Å². The van der Waals surface area contributed by atoms with Gasteiger partial charge in [0.05, 0.1) is 10.4 Å². The van der Waals surface area contributed by atoms with Gasteiger partial charge in [0.15, 0.2) is 0 Å². The van der Waals surface area contributed by atoms with E-state index in [1.165, 1.54) is 18.2 Å². The Hall–Kier alpha value is -2.10. The summed E-state index contributed by atoms with van der Waals surface area (Å²) in [4.78, 5) is 14.5. The summed E-state index contributed by atoms with van der Waals surface area (Å²) >= 11 is 12.8. The Labute approximate surface area is 195 Å². The number of thiophene rings is 1. The number of sulfonamides is 1. The van der Waals surface area contributed by atoms with Crippen LogP contribution in [-0.4, -0.2) is 39.9 Å². The number of halogens is 2. The third-order valence-electron chi connectivity index (χ3n) is 4.58. The smallest absolute Gasteiger partial charge is 0.264 e. The number of anilines is 1. The SMILES string of the molecule is CN(C)[C@@H](CNC(=O)c1ccc(NS(=O)(=O)c2cc(Cl)sc2Cl)cc1)c1ccccc1. The number of likely N-dealkylation sites (N-methyl/N-ethyl adjacent to an activating group) is 1. The van der Waals surface area contributed by atoms with Crippen molar-refractivity contribution in [2.75, 3.05) is 25.4 Å². The van der Waals surface area contributed by atoms with E-state index in [9.17, 15) is 13.2 Å². The van der Waals surface area contributed by atoms with E-state index in [0.717, 1.165) is 16.9 Å². The topological polar surface area (TPSA) is 78.5 Å². The molecule has 164 valence electrons. The highest BCUT2D eigenvalue weighted by atomic mass is 35.5. The van der Waals surface area contributed by atoms with Gasteiger partial charge in [-0.25, -0.2) is 8.42 Å². The minimum Gasteiger partial charge on any atom is -0.350 e. The Bertz CT molecular complexity index is 1150. The highest BCUT2D eigenvalue weighted by Crippen LogP contribution is 2.35. The van der Waals surface area contributed by atoms with E-state index >= 15 is 0 Å². The number of benzene rings is 2. The van der Waals surface area contributed by atoms with Crippen molar-refractivity contribution < 1.29 is 13.2 Å². The van der Waals surface area contributed by atoms with E-state index in [-0.39, 0.29) is 25.5 Å². The van der Waals surface area contributed by atoms with Gasteiger partial charge in [-0.2, -0.15) is 0 Å². The zero-order chi connectivity index (χ0) is 22.6. The molecule has 2 N–H and O–H groups in total. The van der Waals surface area contributed by atoms with Crippen molar-refractivity contribution in [3.63, 3.8) is 0 Å². The second-order valence-electron chi connectivity index (χ2n) is 6.97. The van der Waals surface area contributed by atoms with Crippen LogP contribution in [-0.2, 0) is 10.0 Å². The molecule has 0 fully saturated rings. The van der Waals surface area contributed by atoms with Gasteiger partial charge in [0.2, 0.25) is 0 Å². The average Bonchev–Trinajstić information content (AvgIpc) is 3.08. The lowest BCUT2D eigenvalue weighted by atomic mass is 10.1. The molecule has 0 unspecified atom stereocenters.